The highest BCUT2D eigenvalue weighted by Gasteiger charge is 2.63. The first-order valence-corrected chi connectivity index (χ1v) is 8.06. The Bertz CT molecular complexity index is 610. The molecule has 3 fully saturated rings. The quantitative estimate of drug-likeness (QED) is 0.882. The topological polar surface area (TPSA) is 62.2 Å². The van der Waals surface area contributed by atoms with Gasteiger partial charge in [0.1, 0.15) is 6.10 Å². The molecule has 0 aromatic heterocycles. The zero-order valence-corrected chi connectivity index (χ0v) is 13.4. The minimum atomic E-state index is -0.802. The van der Waals surface area contributed by atoms with E-state index in [4.69, 9.17) is 9.57 Å². The van der Waals surface area contributed by atoms with Crippen molar-refractivity contribution < 1.29 is 19.5 Å². The zero-order valence-electron chi connectivity index (χ0n) is 13.4. The second-order valence-corrected chi connectivity index (χ2v) is 6.92. The molecule has 1 N–H and O–H groups in total. The van der Waals surface area contributed by atoms with E-state index < -0.39 is 17.8 Å². The summed E-state index contributed by atoms with van der Waals surface area (Å²) in [7, 11) is 1.85. The van der Waals surface area contributed by atoms with Gasteiger partial charge in [-0.05, 0) is 12.5 Å². The number of aliphatic hydroxyl groups excluding tert-OH is 1. The van der Waals surface area contributed by atoms with Crippen LogP contribution in [0.1, 0.15) is 18.9 Å². The summed E-state index contributed by atoms with van der Waals surface area (Å²) in [5, 5.41) is 12.2. The van der Waals surface area contributed by atoms with Crippen LogP contribution in [-0.4, -0.2) is 64.5 Å². The first-order valence-electron chi connectivity index (χ1n) is 8.06. The number of hydrogen-bond acceptors (Lipinski definition) is 5. The van der Waals surface area contributed by atoms with Crippen molar-refractivity contribution in [2.45, 2.75) is 49.8 Å². The summed E-state index contributed by atoms with van der Waals surface area (Å²) in [6.45, 7) is 2.56. The van der Waals surface area contributed by atoms with Gasteiger partial charge in [-0.15, -0.1) is 0 Å². The van der Waals surface area contributed by atoms with Crippen LogP contribution in [0.15, 0.2) is 30.3 Å². The molecule has 5 atom stereocenters. The van der Waals surface area contributed by atoms with Gasteiger partial charge >= 0.3 is 0 Å². The van der Waals surface area contributed by atoms with Crippen molar-refractivity contribution >= 4 is 5.91 Å². The highest BCUT2D eigenvalue weighted by atomic mass is 16.7. The fraction of sp³-hybridized carbons (Fsp3) is 0.588. The standard InChI is InChI=1S/C17H22N2O4/c1-17-8-12(18(2)23-17)14-15(13(20)9-19(14)16(17)21)22-10-11-6-4-3-5-7-11/h3-7,12-15,20H,8-10H2,1-2H3/t12-,13+,14?,15+,17-/m0/s1. The molecule has 1 unspecified atom stereocenters. The molecule has 1 aromatic rings. The Morgan fingerprint density at radius 1 is 1.39 bits per heavy atom. The number of fused-ring (bicyclic) bond motifs is 4. The Labute approximate surface area is 135 Å². The molecule has 3 aliphatic heterocycles. The number of carbonyl (C=O) groups excluding carboxylic acids is 1. The van der Waals surface area contributed by atoms with Crippen LogP contribution in [0.3, 0.4) is 0 Å². The molecular weight excluding hydrogens is 296 g/mol. The van der Waals surface area contributed by atoms with E-state index in [1.807, 2.05) is 44.3 Å². The third-order valence-corrected chi connectivity index (χ3v) is 5.26. The van der Waals surface area contributed by atoms with Crippen LogP contribution < -0.4 is 0 Å². The number of nitrogens with zero attached hydrogens (tertiary/aromatic N) is 2. The molecule has 0 aliphatic carbocycles. The van der Waals surface area contributed by atoms with Crippen molar-refractivity contribution in [3.05, 3.63) is 35.9 Å². The number of likely N-dealkylation sites (N-methyl/N-ethyl adjacent to an activating group) is 1. The van der Waals surface area contributed by atoms with E-state index in [1.165, 1.54) is 0 Å². The maximum absolute atomic E-state index is 12.7. The number of piperidine rings is 1. The summed E-state index contributed by atoms with van der Waals surface area (Å²) in [5.41, 5.74) is 0.255. The Balaban J connectivity index is 1.56. The highest BCUT2D eigenvalue weighted by molar-refractivity contribution is 5.87. The lowest BCUT2D eigenvalue weighted by molar-refractivity contribution is -0.188. The van der Waals surface area contributed by atoms with Gasteiger partial charge in [0, 0.05) is 20.0 Å². The number of aliphatic hydroxyl groups is 1. The maximum Gasteiger partial charge on any atom is 0.257 e. The number of carbonyl (C=O) groups is 1. The van der Waals surface area contributed by atoms with Crippen LogP contribution >= 0.6 is 0 Å². The predicted molar refractivity (Wildman–Crippen MR) is 82.2 cm³/mol. The second-order valence-electron chi connectivity index (χ2n) is 6.92. The molecule has 4 rings (SSSR count). The molecule has 2 bridgehead atoms. The van der Waals surface area contributed by atoms with Gasteiger partial charge < -0.3 is 14.7 Å². The first-order chi connectivity index (χ1) is 11.0. The number of amides is 1. The average molecular weight is 318 g/mol. The van der Waals surface area contributed by atoms with Crippen molar-refractivity contribution in [1.82, 2.24) is 9.96 Å². The maximum atomic E-state index is 12.7. The van der Waals surface area contributed by atoms with Gasteiger partial charge in [0.25, 0.3) is 5.91 Å². The van der Waals surface area contributed by atoms with Crippen LogP contribution in [0.4, 0.5) is 0 Å². The minimum absolute atomic E-state index is 0.0482. The fourth-order valence-electron chi connectivity index (χ4n) is 4.17. The van der Waals surface area contributed by atoms with Gasteiger partial charge in [0.15, 0.2) is 5.60 Å². The molecule has 3 saturated heterocycles. The molecule has 0 spiro atoms. The third-order valence-electron chi connectivity index (χ3n) is 5.26. The SMILES string of the molecule is CN1O[C@@]2(C)C[C@H]1C1[C@H](OCc3ccccc3)[C@H](O)CN1C2=O. The number of ether oxygens (including phenoxy) is 1. The molecule has 124 valence electrons. The summed E-state index contributed by atoms with van der Waals surface area (Å²) < 4.78 is 6.02. The molecule has 3 aliphatic rings. The van der Waals surface area contributed by atoms with Crippen molar-refractivity contribution in [2.24, 2.45) is 0 Å². The summed E-state index contributed by atoms with van der Waals surface area (Å²) in [5.74, 6) is -0.0482. The molecule has 0 saturated carbocycles. The van der Waals surface area contributed by atoms with Gasteiger partial charge in [-0.2, -0.15) is 5.06 Å². The normalized spacial score (nSPS) is 39.8. The number of hydroxylamine groups is 2. The number of rotatable bonds is 3. The fourth-order valence-corrected chi connectivity index (χ4v) is 4.17. The lowest BCUT2D eigenvalue weighted by Crippen LogP contribution is -2.58. The van der Waals surface area contributed by atoms with Crippen LogP contribution in [0.2, 0.25) is 0 Å². The molecular formula is C17H22N2O4. The van der Waals surface area contributed by atoms with Crippen LogP contribution in [-0.2, 0) is 21.0 Å². The number of benzene rings is 1. The van der Waals surface area contributed by atoms with Gasteiger partial charge in [0.2, 0.25) is 0 Å². The van der Waals surface area contributed by atoms with Gasteiger partial charge in [-0.1, -0.05) is 30.3 Å². The Morgan fingerprint density at radius 3 is 2.87 bits per heavy atom. The first kappa shape index (κ1) is 15.1. The summed E-state index contributed by atoms with van der Waals surface area (Å²) in [6, 6.07) is 9.76. The van der Waals surface area contributed by atoms with Gasteiger partial charge in [0.05, 0.1) is 24.8 Å². The van der Waals surface area contributed by atoms with E-state index >= 15 is 0 Å². The predicted octanol–water partition coefficient (Wildman–Crippen LogP) is 0.551. The Kier molecular flexibility index (Phi) is 3.46. The second kappa shape index (κ2) is 5.27. The zero-order chi connectivity index (χ0) is 16.2. The summed E-state index contributed by atoms with van der Waals surface area (Å²) >= 11 is 0. The van der Waals surface area contributed by atoms with E-state index in [2.05, 4.69) is 0 Å². The van der Waals surface area contributed by atoms with Crippen LogP contribution in [0, 0.1) is 0 Å². The van der Waals surface area contributed by atoms with Gasteiger partial charge in [-0.3, -0.25) is 9.63 Å². The summed E-state index contributed by atoms with van der Waals surface area (Å²) in [4.78, 5) is 20.2. The van der Waals surface area contributed by atoms with E-state index in [1.54, 1.807) is 9.96 Å². The summed E-state index contributed by atoms with van der Waals surface area (Å²) in [6.07, 6.45) is -0.414. The lowest BCUT2D eigenvalue weighted by Gasteiger charge is -2.38. The van der Waals surface area contributed by atoms with Crippen molar-refractivity contribution in [3.8, 4) is 0 Å². The van der Waals surface area contributed by atoms with Gasteiger partial charge in [-0.25, -0.2) is 0 Å². The average Bonchev–Trinajstić information content (AvgIpc) is 3.00. The Morgan fingerprint density at radius 2 is 2.13 bits per heavy atom. The van der Waals surface area contributed by atoms with E-state index in [-0.39, 0.29) is 18.0 Å². The van der Waals surface area contributed by atoms with Crippen molar-refractivity contribution in [1.29, 1.82) is 0 Å². The highest BCUT2D eigenvalue weighted by Crippen LogP contribution is 2.44. The Hall–Kier alpha value is -1.47. The molecule has 1 amide bonds. The molecule has 3 heterocycles. The molecule has 6 heteroatoms. The van der Waals surface area contributed by atoms with Crippen molar-refractivity contribution in [2.75, 3.05) is 13.6 Å². The van der Waals surface area contributed by atoms with Crippen LogP contribution in [0.5, 0.6) is 0 Å². The largest absolute Gasteiger partial charge is 0.388 e. The van der Waals surface area contributed by atoms with E-state index in [9.17, 15) is 9.90 Å². The third kappa shape index (κ3) is 2.29. The molecule has 0 radical (unpaired) electrons. The smallest absolute Gasteiger partial charge is 0.257 e. The van der Waals surface area contributed by atoms with Crippen LogP contribution in [0.25, 0.3) is 0 Å². The minimum Gasteiger partial charge on any atom is -0.388 e. The molecule has 1 aromatic carbocycles. The number of hydrogen-bond donors (Lipinski definition) is 1. The van der Waals surface area contributed by atoms with Crippen molar-refractivity contribution in [3.63, 3.8) is 0 Å². The molecule has 6 nitrogen and oxygen atoms in total. The lowest BCUT2D eigenvalue weighted by atomic mass is 9.86. The molecule has 23 heavy (non-hydrogen) atoms. The monoisotopic (exact) mass is 318 g/mol. The van der Waals surface area contributed by atoms with E-state index in [0.29, 0.717) is 19.6 Å². The van der Waals surface area contributed by atoms with E-state index in [0.717, 1.165) is 5.56 Å².